The van der Waals surface area contributed by atoms with Crippen molar-refractivity contribution < 1.29 is 22.7 Å². The van der Waals surface area contributed by atoms with E-state index >= 15 is 0 Å². The van der Waals surface area contributed by atoms with E-state index in [2.05, 4.69) is 33.9 Å². The Hall–Kier alpha value is -2.74. The third-order valence-electron chi connectivity index (χ3n) is 5.57. The first-order valence-corrected chi connectivity index (χ1v) is 9.95. The van der Waals surface area contributed by atoms with Crippen LogP contribution in [0.15, 0.2) is 48.5 Å². The average Bonchev–Trinajstić information content (AvgIpc) is 2.99. The van der Waals surface area contributed by atoms with Crippen LogP contribution in [0.1, 0.15) is 16.7 Å². The summed E-state index contributed by atoms with van der Waals surface area (Å²) in [6.07, 6.45) is -4.68. The summed E-state index contributed by atoms with van der Waals surface area (Å²) >= 11 is 0. The summed E-state index contributed by atoms with van der Waals surface area (Å²) in [5.41, 5.74) is 3.23. The fourth-order valence-corrected chi connectivity index (χ4v) is 4.09. The second kappa shape index (κ2) is 8.18. The van der Waals surface area contributed by atoms with E-state index in [0.29, 0.717) is 26.2 Å². The molecule has 0 aromatic heterocycles. The predicted octanol–water partition coefficient (Wildman–Crippen LogP) is 4.02. The third kappa shape index (κ3) is 4.87. The molecule has 0 saturated carbocycles. The number of nitrogens with zero attached hydrogens (tertiary/aromatic N) is 3. The van der Waals surface area contributed by atoms with E-state index in [1.54, 1.807) is 12.1 Å². The predicted molar refractivity (Wildman–Crippen MR) is 106 cm³/mol. The minimum atomic E-state index is -4.68. The second-order valence-corrected chi connectivity index (χ2v) is 7.92. The summed E-state index contributed by atoms with van der Waals surface area (Å²) in [6, 6.07) is 14.4. The summed E-state index contributed by atoms with van der Waals surface area (Å²) in [5.74, 6) is -0.218. The van der Waals surface area contributed by atoms with E-state index in [1.165, 1.54) is 17.7 Å². The van der Waals surface area contributed by atoms with Crippen molar-refractivity contribution in [3.8, 4) is 5.75 Å². The summed E-state index contributed by atoms with van der Waals surface area (Å²) in [6.45, 7) is 6.09. The summed E-state index contributed by atoms with van der Waals surface area (Å²) in [7, 11) is 0. The van der Waals surface area contributed by atoms with Crippen LogP contribution in [0.4, 0.5) is 18.0 Å². The van der Waals surface area contributed by atoms with E-state index in [1.807, 2.05) is 16.7 Å². The minimum absolute atomic E-state index is 0.0777. The zero-order chi connectivity index (χ0) is 21.3. The van der Waals surface area contributed by atoms with Gasteiger partial charge in [0.05, 0.1) is 6.04 Å². The van der Waals surface area contributed by atoms with Crippen molar-refractivity contribution >= 4 is 6.03 Å². The molecule has 0 N–H and O–H groups in total. The van der Waals surface area contributed by atoms with Crippen LogP contribution in [0.3, 0.4) is 0 Å². The number of fused-ring (bicyclic) bond motifs is 1. The molecule has 30 heavy (non-hydrogen) atoms. The van der Waals surface area contributed by atoms with Crippen molar-refractivity contribution in [1.29, 1.82) is 0 Å². The van der Waals surface area contributed by atoms with Crippen LogP contribution in [0, 0.1) is 6.92 Å². The zero-order valence-electron chi connectivity index (χ0n) is 16.7. The quantitative estimate of drug-likeness (QED) is 0.735. The Labute approximate surface area is 173 Å². The highest BCUT2D eigenvalue weighted by molar-refractivity contribution is 5.77. The number of amides is 2. The first-order valence-electron chi connectivity index (χ1n) is 9.95. The summed E-state index contributed by atoms with van der Waals surface area (Å²) in [5, 5.41) is 0. The van der Waals surface area contributed by atoms with E-state index in [-0.39, 0.29) is 17.8 Å². The molecule has 2 saturated heterocycles. The van der Waals surface area contributed by atoms with Crippen molar-refractivity contribution in [2.24, 2.45) is 0 Å². The van der Waals surface area contributed by atoms with E-state index < -0.39 is 6.36 Å². The largest absolute Gasteiger partial charge is 0.573 e. The Morgan fingerprint density at radius 1 is 0.933 bits per heavy atom. The SMILES string of the molecule is Cc1ccc(CN2C[C@H]3CN(Cc4ccc(OC(F)(F)F)cc4)CCN3C2=O)cc1. The number of halogens is 3. The van der Waals surface area contributed by atoms with Gasteiger partial charge in [-0.1, -0.05) is 42.0 Å². The molecule has 8 heteroatoms. The van der Waals surface area contributed by atoms with Gasteiger partial charge in [-0.2, -0.15) is 0 Å². The fourth-order valence-electron chi connectivity index (χ4n) is 4.09. The average molecular weight is 419 g/mol. The molecule has 2 amide bonds. The smallest absolute Gasteiger partial charge is 0.406 e. The maximum atomic E-state index is 12.8. The van der Waals surface area contributed by atoms with Gasteiger partial charge in [-0.05, 0) is 30.2 Å². The molecule has 0 aliphatic carbocycles. The number of urea groups is 1. The van der Waals surface area contributed by atoms with E-state index in [4.69, 9.17) is 0 Å². The molecule has 2 aromatic rings. The molecular formula is C22H24F3N3O2. The van der Waals surface area contributed by atoms with Crippen molar-refractivity contribution in [3.05, 3.63) is 65.2 Å². The molecule has 0 radical (unpaired) electrons. The van der Waals surface area contributed by atoms with Gasteiger partial charge in [0.1, 0.15) is 5.75 Å². The number of rotatable bonds is 5. The monoisotopic (exact) mass is 419 g/mol. The van der Waals surface area contributed by atoms with Crippen LogP contribution in [0.2, 0.25) is 0 Å². The Morgan fingerprint density at radius 3 is 2.23 bits per heavy atom. The number of piperazine rings is 1. The summed E-state index contributed by atoms with van der Waals surface area (Å²) < 4.78 is 40.8. The molecule has 160 valence electrons. The molecule has 1 atom stereocenters. The number of benzene rings is 2. The Morgan fingerprint density at radius 2 is 1.57 bits per heavy atom. The molecule has 2 heterocycles. The fraction of sp³-hybridized carbons (Fsp3) is 0.409. The highest BCUT2D eigenvalue weighted by Crippen LogP contribution is 2.25. The molecule has 2 aromatic carbocycles. The highest BCUT2D eigenvalue weighted by Gasteiger charge is 2.40. The molecule has 0 bridgehead atoms. The molecule has 0 spiro atoms. The number of aryl methyl sites for hydroxylation is 1. The van der Waals surface area contributed by atoms with Gasteiger partial charge in [0, 0.05) is 39.3 Å². The Kier molecular flexibility index (Phi) is 5.60. The van der Waals surface area contributed by atoms with E-state index in [0.717, 1.165) is 24.2 Å². The zero-order valence-corrected chi connectivity index (χ0v) is 16.7. The summed E-state index contributed by atoms with van der Waals surface area (Å²) in [4.78, 5) is 18.8. The normalized spacial score (nSPS) is 19.9. The Balaban J connectivity index is 1.33. The highest BCUT2D eigenvalue weighted by atomic mass is 19.4. The van der Waals surface area contributed by atoms with Crippen LogP contribution in [-0.2, 0) is 13.1 Å². The van der Waals surface area contributed by atoms with Gasteiger partial charge in [-0.25, -0.2) is 4.79 Å². The van der Waals surface area contributed by atoms with Crippen LogP contribution in [0.5, 0.6) is 5.75 Å². The van der Waals surface area contributed by atoms with Gasteiger partial charge >= 0.3 is 12.4 Å². The molecule has 2 aliphatic rings. The lowest BCUT2D eigenvalue weighted by atomic mass is 10.1. The lowest BCUT2D eigenvalue weighted by Crippen LogP contribution is -2.51. The van der Waals surface area contributed by atoms with Crippen LogP contribution in [0.25, 0.3) is 0 Å². The van der Waals surface area contributed by atoms with E-state index in [9.17, 15) is 18.0 Å². The molecular weight excluding hydrogens is 395 g/mol. The van der Waals surface area contributed by atoms with Crippen LogP contribution in [-0.4, -0.2) is 59.3 Å². The molecule has 2 aliphatic heterocycles. The first-order chi connectivity index (χ1) is 14.3. The maximum Gasteiger partial charge on any atom is 0.573 e. The molecule has 4 rings (SSSR count). The molecule has 0 unspecified atom stereocenters. The van der Waals surface area contributed by atoms with Gasteiger partial charge in [-0.3, -0.25) is 4.90 Å². The number of hydrogen-bond acceptors (Lipinski definition) is 3. The molecule has 5 nitrogen and oxygen atoms in total. The topological polar surface area (TPSA) is 36.0 Å². The van der Waals surface area contributed by atoms with Gasteiger partial charge in [0.25, 0.3) is 0 Å². The first kappa shape index (κ1) is 20.5. The third-order valence-corrected chi connectivity index (χ3v) is 5.57. The number of carbonyl (C=O) groups is 1. The standard InChI is InChI=1S/C22H24F3N3O2/c1-16-2-4-18(5-3-16)13-27-15-19-14-26(10-11-28(19)21(27)29)12-17-6-8-20(9-7-17)30-22(23,24)25/h2-9,19H,10-15H2,1H3/t19-/m1/s1. The van der Waals surface area contributed by atoms with Gasteiger partial charge in [0.2, 0.25) is 0 Å². The van der Waals surface area contributed by atoms with Crippen LogP contribution < -0.4 is 4.74 Å². The number of ether oxygens (including phenoxy) is 1. The van der Waals surface area contributed by atoms with Crippen LogP contribution >= 0.6 is 0 Å². The maximum absolute atomic E-state index is 12.8. The van der Waals surface area contributed by atoms with Gasteiger partial charge in [0.15, 0.2) is 0 Å². The lowest BCUT2D eigenvalue weighted by Gasteiger charge is -2.36. The lowest BCUT2D eigenvalue weighted by molar-refractivity contribution is -0.274. The van der Waals surface area contributed by atoms with Gasteiger partial charge in [-0.15, -0.1) is 13.2 Å². The van der Waals surface area contributed by atoms with Crippen molar-refractivity contribution in [1.82, 2.24) is 14.7 Å². The van der Waals surface area contributed by atoms with Gasteiger partial charge < -0.3 is 14.5 Å². The molecule has 2 fully saturated rings. The number of alkyl halides is 3. The Bertz CT molecular complexity index is 884. The second-order valence-electron chi connectivity index (χ2n) is 7.92. The minimum Gasteiger partial charge on any atom is -0.406 e. The van der Waals surface area contributed by atoms with Crippen molar-refractivity contribution in [3.63, 3.8) is 0 Å². The van der Waals surface area contributed by atoms with Crippen molar-refractivity contribution in [2.45, 2.75) is 32.4 Å². The van der Waals surface area contributed by atoms with Crippen molar-refractivity contribution in [2.75, 3.05) is 26.2 Å². The number of carbonyl (C=O) groups excluding carboxylic acids is 1. The number of hydrogen-bond donors (Lipinski definition) is 0.